The monoisotopic (exact) mass is 229 g/mol. The van der Waals surface area contributed by atoms with Crippen molar-refractivity contribution >= 4 is 11.9 Å². The van der Waals surface area contributed by atoms with Gasteiger partial charge in [-0.05, 0) is 12.8 Å². The first-order valence-electron chi connectivity index (χ1n) is 4.07. The van der Waals surface area contributed by atoms with E-state index in [0.717, 1.165) is 0 Å². The van der Waals surface area contributed by atoms with Crippen LogP contribution in [0, 0.1) is 17.2 Å². The first-order chi connectivity index (χ1) is 6.57. The zero-order chi connectivity index (χ0) is 11.0. The number of aliphatic carboxylic acids is 2. The van der Waals surface area contributed by atoms with Crippen LogP contribution in [0.15, 0.2) is 12.2 Å². The van der Waals surface area contributed by atoms with Gasteiger partial charge in [-0.3, -0.25) is 9.59 Å². The van der Waals surface area contributed by atoms with Crippen molar-refractivity contribution in [2.75, 3.05) is 0 Å². The molecule has 0 radical (unpaired) electrons. The summed E-state index contributed by atoms with van der Waals surface area (Å²) < 4.78 is 0. The summed E-state index contributed by atoms with van der Waals surface area (Å²) in [6, 6.07) is 1.65. The molecule has 0 aromatic rings. The smallest absolute Gasteiger partial charge is 0.320 e. The highest BCUT2D eigenvalue weighted by Gasteiger charge is 2.14. The van der Waals surface area contributed by atoms with Crippen LogP contribution in [0.4, 0.5) is 0 Å². The summed E-state index contributed by atoms with van der Waals surface area (Å²) in [6.07, 6.45) is 3.55. The van der Waals surface area contributed by atoms with E-state index in [2.05, 4.69) is 0 Å². The first kappa shape index (κ1) is 19.7. The zero-order valence-corrected chi connectivity index (χ0v) is 7.51. The standard InChI is InChI=1S/C9H11NO4.2CH4/c10-6-7(9(13)14)4-2-1-3-5-8(11)12;;/h1,3,7H,2,4-5H2,(H,11,12)(H,13,14);2*1H4. The number of nitrogens with zero attached hydrogens (tertiary/aromatic N) is 1. The van der Waals surface area contributed by atoms with Gasteiger partial charge in [0.05, 0.1) is 12.5 Å². The lowest BCUT2D eigenvalue weighted by Crippen LogP contribution is -2.10. The number of carbonyl (C=O) groups is 2. The molecule has 0 aliphatic heterocycles. The quantitative estimate of drug-likeness (QED) is 0.681. The molecule has 16 heavy (non-hydrogen) atoms. The van der Waals surface area contributed by atoms with Gasteiger partial charge in [0.2, 0.25) is 0 Å². The molecule has 0 spiro atoms. The minimum Gasteiger partial charge on any atom is -0.481 e. The summed E-state index contributed by atoms with van der Waals surface area (Å²) in [6.45, 7) is 0. The van der Waals surface area contributed by atoms with Gasteiger partial charge in [0.1, 0.15) is 5.92 Å². The fourth-order valence-electron chi connectivity index (χ4n) is 0.808. The third-order valence-corrected chi connectivity index (χ3v) is 1.54. The predicted molar refractivity (Wildman–Crippen MR) is 60.8 cm³/mol. The molecule has 0 saturated carbocycles. The summed E-state index contributed by atoms with van der Waals surface area (Å²) >= 11 is 0. The van der Waals surface area contributed by atoms with Crippen LogP contribution in [0.5, 0.6) is 0 Å². The Morgan fingerprint density at radius 1 is 1.25 bits per heavy atom. The minimum atomic E-state index is -1.14. The van der Waals surface area contributed by atoms with Gasteiger partial charge >= 0.3 is 11.9 Å². The Labute approximate surface area is 96.0 Å². The lowest BCUT2D eigenvalue weighted by Gasteiger charge is -1.98. The number of nitriles is 1. The summed E-state index contributed by atoms with van der Waals surface area (Å²) in [5.74, 6) is -3.08. The van der Waals surface area contributed by atoms with Gasteiger partial charge in [-0.15, -0.1) is 0 Å². The van der Waals surface area contributed by atoms with E-state index in [1.807, 2.05) is 0 Å². The van der Waals surface area contributed by atoms with Crippen LogP contribution in [-0.2, 0) is 9.59 Å². The lowest BCUT2D eigenvalue weighted by atomic mass is 10.1. The van der Waals surface area contributed by atoms with Gasteiger partial charge in [0.15, 0.2) is 0 Å². The maximum absolute atomic E-state index is 10.4. The van der Waals surface area contributed by atoms with Crippen LogP contribution in [0.25, 0.3) is 0 Å². The van der Waals surface area contributed by atoms with Gasteiger partial charge in [-0.1, -0.05) is 27.0 Å². The molecule has 0 amide bonds. The van der Waals surface area contributed by atoms with Crippen molar-refractivity contribution in [2.24, 2.45) is 5.92 Å². The summed E-state index contributed by atoms with van der Waals surface area (Å²) in [5.41, 5.74) is 0. The van der Waals surface area contributed by atoms with E-state index in [4.69, 9.17) is 15.5 Å². The molecule has 1 atom stereocenters. The van der Waals surface area contributed by atoms with Crippen LogP contribution in [0.1, 0.15) is 34.1 Å². The first-order valence-corrected chi connectivity index (χ1v) is 4.07. The molecule has 0 saturated heterocycles. The van der Waals surface area contributed by atoms with E-state index < -0.39 is 17.9 Å². The van der Waals surface area contributed by atoms with Crippen molar-refractivity contribution in [1.82, 2.24) is 0 Å². The Bertz CT molecular complexity index is 278. The predicted octanol–water partition coefficient (Wildman–Crippen LogP) is 2.29. The molecule has 5 heteroatoms. The van der Waals surface area contributed by atoms with Crippen molar-refractivity contribution in [3.63, 3.8) is 0 Å². The van der Waals surface area contributed by atoms with E-state index in [-0.39, 0.29) is 27.7 Å². The highest BCUT2D eigenvalue weighted by Crippen LogP contribution is 2.06. The fourth-order valence-corrected chi connectivity index (χ4v) is 0.808. The van der Waals surface area contributed by atoms with Crippen LogP contribution in [0.3, 0.4) is 0 Å². The van der Waals surface area contributed by atoms with Crippen molar-refractivity contribution < 1.29 is 19.8 Å². The molecule has 0 aliphatic carbocycles. The van der Waals surface area contributed by atoms with E-state index in [9.17, 15) is 9.59 Å². The van der Waals surface area contributed by atoms with E-state index >= 15 is 0 Å². The number of rotatable bonds is 6. The van der Waals surface area contributed by atoms with Crippen LogP contribution in [-0.4, -0.2) is 22.2 Å². The summed E-state index contributed by atoms with van der Waals surface area (Å²) in [7, 11) is 0. The number of allylic oxidation sites excluding steroid dienone is 1. The van der Waals surface area contributed by atoms with E-state index in [1.165, 1.54) is 6.08 Å². The number of carboxylic acids is 2. The highest BCUT2D eigenvalue weighted by atomic mass is 16.4. The molecule has 92 valence electrons. The molecule has 0 aromatic heterocycles. The molecule has 0 fully saturated rings. The molecule has 1 unspecified atom stereocenters. The zero-order valence-electron chi connectivity index (χ0n) is 7.51. The Hall–Kier alpha value is -1.83. The average molecular weight is 229 g/mol. The third-order valence-electron chi connectivity index (χ3n) is 1.54. The molecule has 0 bridgehead atoms. The number of carboxylic acid groups (broad SMARTS) is 2. The molecular weight excluding hydrogens is 210 g/mol. The van der Waals surface area contributed by atoms with Gasteiger partial charge in [0, 0.05) is 0 Å². The van der Waals surface area contributed by atoms with Crippen molar-refractivity contribution in [1.29, 1.82) is 5.26 Å². The fraction of sp³-hybridized carbons (Fsp3) is 0.545. The van der Waals surface area contributed by atoms with E-state index in [1.54, 1.807) is 12.1 Å². The van der Waals surface area contributed by atoms with Crippen LogP contribution in [0.2, 0.25) is 0 Å². The topological polar surface area (TPSA) is 98.4 Å². The average Bonchev–Trinajstić information content (AvgIpc) is 2.10. The number of hydrogen-bond acceptors (Lipinski definition) is 3. The second-order valence-corrected chi connectivity index (χ2v) is 2.67. The lowest BCUT2D eigenvalue weighted by molar-refractivity contribution is -0.140. The Kier molecular flexibility index (Phi) is 13.8. The molecule has 5 nitrogen and oxygen atoms in total. The van der Waals surface area contributed by atoms with Crippen molar-refractivity contribution in [3.05, 3.63) is 12.2 Å². The van der Waals surface area contributed by atoms with Crippen molar-refractivity contribution in [3.8, 4) is 6.07 Å². The van der Waals surface area contributed by atoms with Gasteiger partial charge in [0.25, 0.3) is 0 Å². The molecule has 0 aromatic carbocycles. The van der Waals surface area contributed by atoms with Gasteiger partial charge < -0.3 is 10.2 Å². The Morgan fingerprint density at radius 2 is 1.81 bits per heavy atom. The second kappa shape index (κ2) is 11.2. The largest absolute Gasteiger partial charge is 0.481 e. The second-order valence-electron chi connectivity index (χ2n) is 2.67. The Morgan fingerprint density at radius 3 is 2.19 bits per heavy atom. The van der Waals surface area contributed by atoms with Gasteiger partial charge in [-0.25, -0.2) is 0 Å². The molecule has 2 N–H and O–H groups in total. The summed E-state index contributed by atoms with van der Waals surface area (Å²) in [4.78, 5) is 20.4. The maximum atomic E-state index is 10.4. The number of hydrogen-bond donors (Lipinski definition) is 2. The summed E-state index contributed by atoms with van der Waals surface area (Å²) in [5, 5.41) is 25.1. The molecular formula is C11H19NO4. The van der Waals surface area contributed by atoms with E-state index in [0.29, 0.717) is 6.42 Å². The highest BCUT2D eigenvalue weighted by molar-refractivity contribution is 5.72. The Balaban J connectivity index is -0.000000845. The minimum absolute atomic E-state index is 0. The third kappa shape index (κ3) is 10.3. The van der Waals surface area contributed by atoms with Crippen LogP contribution < -0.4 is 0 Å². The molecule has 0 heterocycles. The molecule has 0 aliphatic rings. The SMILES string of the molecule is C.C.N#CC(CCC=CCC(=O)O)C(=O)O. The van der Waals surface area contributed by atoms with Gasteiger partial charge in [-0.2, -0.15) is 5.26 Å². The maximum Gasteiger partial charge on any atom is 0.320 e. The van der Waals surface area contributed by atoms with Crippen LogP contribution >= 0.6 is 0 Å². The van der Waals surface area contributed by atoms with Crippen molar-refractivity contribution in [2.45, 2.75) is 34.1 Å². The normalized spacial score (nSPS) is 10.7. The molecule has 0 rings (SSSR count).